The van der Waals surface area contributed by atoms with Gasteiger partial charge in [0.15, 0.2) is 11.1 Å². The maximum absolute atomic E-state index is 14.6. The number of furan rings is 1. The number of nitrogens with zero attached hydrogens (tertiary/aromatic N) is 2. The molecule has 2 aromatic heterocycles. The minimum absolute atomic E-state index is 0.0505. The van der Waals surface area contributed by atoms with Gasteiger partial charge in [-0.1, -0.05) is 74.6 Å². The Kier molecular flexibility index (Phi) is 6.52. The Bertz CT molecular complexity index is 1450. The number of benzene rings is 2. The smallest absolute Gasteiger partial charge is 0.272 e. The molecule has 0 bridgehead atoms. The lowest BCUT2D eigenvalue weighted by Gasteiger charge is -2.47. The number of halogens is 1. The highest BCUT2D eigenvalue weighted by molar-refractivity contribution is 6.03. The highest BCUT2D eigenvalue weighted by Crippen LogP contribution is 2.40. The zero-order chi connectivity index (χ0) is 26.1. The predicted molar refractivity (Wildman–Crippen MR) is 143 cm³/mol. The van der Waals surface area contributed by atoms with Crippen LogP contribution < -0.4 is 5.32 Å². The molecule has 38 heavy (non-hydrogen) atoms. The van der Waals surface area contributed by atoms with Crippen LogP contribution in [0.15, 0.2) is 77.4 Å². The van der Waals surface area contributed by atoms with Gasteiger partial charge in [0.05, 0.1) is 18.3 Å². The molecule has 1 fully saturated rings. The largest absolute Gasteiger partial charge is 0.463 e. The van der Waals surface area contributed by atoms with E-state index in [4.69, 9.17) is 4.42 Å². The van der Waals surface area contributed by atoms with Crippen LogP contribution in [0.2, 0.25) is 0 Å². The van der Waals surface area contributed by atoms with Gasteiger partial charge in [-0.2, -0.15) is 0 Å². The first-order valence-electron chi connectivity index (χ1n) is 13.6. The summed E-state index contributed by atoms with van der Waals surface area (Å²) in [4.78, 5) is 30.5. The van der Waals surface area contributed by atoms with Gasteiger partial charge in [-0.3, -0.25) is 9.59 Å². The summed E-state index contributed by atoms with van der Waals surface area (Å²) in [5, 5.41) is 3.36. The Hall–Kier alpha value is -3.87. The molecule has 1 saturated carbocycles. The van der Waals surface area contributed by atoms with Crippen molar-refractivity contribution < 1.29 is 18.4 Å². The fourth-order valence-electron chi connectivity index (χ4n) is 6.17. The maximum Gasteiger partial charge on any atom is 0.272 e. The lowest BCUT2D eigenvalue weighted by Crippen LogP contribution is -2.64. The normalized spacial score (nSPS) is 20.7. The molecule has 2 amide bonds. The van der Waals surface area contributed by atoms with Crippen molar-refractivity contribution in [2.45, 2.75) is 69.6 Å². The number of hydrogen-bond donors (Lipinski definition) is 1. The van der Waals surface area contributed by atoms with E-state index in [1.165, 1.54) is 31.4 Å². The Morgan fingerprint density at radius 3 is 2.50 bits per heavy atom. The fourth-order valence-corrected chi connectivity index (χ4v) is 6.17. The molecule has 6 nitrogen and oxygen atoms in total. The van der Waals surface area contributed by atoms with Gasteiger partial charge in [0.1, 0.15) is 11.5 Å². The highest BCUT2D eigenvalue weighted by atomic mass is 19.1. The SMILES string of the molecule is O=C1c2cc3occc3n2C[C@@](C(=O)NC2CCCCCCC2)(c2ccccc2)N1Cc1cccc(F)c1. The molecule has 1 N–H and O–H groups in total. The summed E-state index contributed by atoms with van der Waals surface area (Å²) in [7, 11) is 0. The standard InChI is InChI=1S/C31H32FN3O3/c32-24-13-9-10-22(18-24)20-35-29(36)27-19-28-26(16-17-38-28)34(27)21-31(35,23-11-5-4-6-12-23)30(37)33-25-14-7-2-1-3-8-15-25/h4-6,9-13,16-19,25H,1-3,7-8,14-15,20-21H2,(H,33,37)/t31-/m0/s1. The van der Waals surface area contributed by atoms with Crippen molar-refractivity contribution in [3.63, 3.8) is 0 Å². The Balaban J connectivity index is 1.50. The molecule has 1 atom stereocenters. The van der Waals surface area contributed by atoms with E-state index < -0.39 is 5.54 Å². The summed E-state index contributed by atoms with van der Waals surface area (Å²) in [6.07, 6.45) is 9.18. The molecule has 0 unspecified atom stereocenters. The molecule has 7 heteroatoms. The highest BCUT2D eigenvalue weighted by Gasteiger charge is 2.53. The van der Waals surface area contributed by atoms with E-state index in [-0.39, 0.29) is 36.8 Å². The van der Waals surface area contributed by atoms with E-state index >= 15 is 0 Å². The van der Waals surface area contributed by atoms with E-state index in [0.717, 1.165) is 36.8 Å². The van der Waals surface area contributed by atoms with Gasteiger partial charge in [0.2, 0.25) is 0 Å². The molecular weight excluding hydrogens is 481 g/mol. The summed E-state index contributed by atoms with van der Waals surface area (Å²) in [5.41, 5.74) is 1.86. The second kappa shape index (κ2) is 10.1. The van der Waals surface area contributed by atoms with Gasteiger partial charge in [-0.15, -0.1) is 0 Å². The lowest BCUT2D eigenvalue weighted by atomic mass is 9.83. The third-order valence-electron chi connectivity index (χ3n) is 8.13. The molecule has 196 valence electrons. The van der Waals surface area contributed by atoms with Crippen molar-refractivity contribution in [2.24, 2.45) is 0 Å². The topological polar surface area (TPSA) is 67.5 Å². The number of carbonyl (C=O) groups is 2. The molecule has 6 rings (SSSR count). The van der Waals surface area contributed by atoms with Crippen LogP contribution in [-0.4, -0.2) is 27.3 Å². The number of carbonyl (C=O) groups excluding carboxylic acids is 2. The first-order valence-corrected chi connectivity index (χ1v) is 13.6. The van der Waals surface area contributed by atoms with E-state index in [1.54, 1.807) is 29.4 Å². The van der Waals surface area contributed by atoms with Crippen LogP contribution in [0.4, 0.5) is 4.39 Å². The van der Waals surface area contributed by atoms with Crippen molar-refractivity contribution in [1.82, 2.24) is 14.8 Å². The number of nitrogens with one attached hydrogen (secondary N) is 1. The molecule has 4 aromatic rings. The summed E-state index contributed by atoms with van der Waals surface area (Å²) < 4.78 is 21.7. The molecule has 3 heterocycles. The van der Waals surface area contributed by atoms with Crippen LogP contribution in [0.25, 0.3) is 11.1 Å². The van der Waals surface area contributed by atoms with Gasteiger partial charge in [-0.25, -0.2) is 4.39 Å². The zero-order valence-electron chi connectivity index (χ0n) is 21.4. The number of rotatable bonds is 5. The van der Waals surface area contributed by atoms with E-state index in [1.807, 2.05) is 41.0 Å². The van der Waals surface area contributed by atoms with Gasteiger partial charge in [0, 0.05) is 24.7 Å². The van der Waals surface area contributed by atoms with Crippen LogP contribution in [0.3, 0.4) is 0 Å². The summed E-state index contributed by atoms with van der Waals surface area (Å²) >= 11 is 0. The minimum Gasteiger partial charge on any atom is -0.463 e. The van der Waals surface area contributed by atoms with Crippen molar-refractivity contribution in [2.75, 3.05) is 0 Å². The van der Waals surface area contributed by atoms with Crippen molar-refractivity contribution in [1.29, 1.82) is 0 Å². The zero-order valence-corrected chi connectivity index (χ0v) is 21.4. The minimum atomic E-state index is -1.33. The molecule has 0 saturated heterocycles. The van der Waals surface area contributed by atoms with Crippen molar-refractivity contribution in [3.8, 4) is 0 Å². The monoisotopic (exact) mass is 513 g/mol. The van der Waals surface area contributed by atoms with Crippen molar-refractivity contribution >= 4 is 22.9 Å². The lowest BCUT2D eigenvalue weighted by molar-refractivity contribution is -0.136. The maximum atomic E-state index is 14.6. The van der Waals surface area contributed by atoms with Crippen LogP contribution in [0, 0.1) is 5.82 Å². The second-order valence-electron chi connectivity index (χ2n) is 10.5. The van der Waals surface area contributed by atoms with Crippen LogP contribution in [0.1, 0.15) is 66.6 Å². The van der Waals surface area contributed by atoms with Crippen molar-refractivity contribution in [3.05, 3.63) is 95.6 Å². The number of aromatic nitrogens is 1. The van der Waals surface area contributed by atoms with Crippen LogP contribution >= 0.6 is 0 Å². The van der Waals surface area contributed by atoms with E-state index in [2.05, 4.69) is 5.32 Å². The fraction of sp³-hybridized carbons (Fsp3) is 0.355. The molecule has 1 aliphatic carbocycles. The van der Waals surface area contributed by atoms with E-state index in [0.29, 0.717) is 16.8 Å². The third kappa shape index (κ3) is 4.30. The summed E-state index contributed by atoms with van der Waals surface area (Å²) in [5.74, 6) is -0.865. The molecule has 2 aliphatic rings. The number of amides is 2. The Labute approximate surface area is 221 Å². The molecule has 2 aromatic carbocycles. The molecule has 0 radical (unpaired) electrons. The average molecular weight is 514 g/mol. The quantitative estimate of drug-likeness (QED) is 0.348. The van der Waals surface area contributed by atoms with Gasteiger partial charge in [0.25, 0.3) is 11.8 Å². The average Bonchev–Trinajstić information content (AvgIpc) is 3.50. The Morgan fingerprint density at radius 2 is 1.74 bits per heavy atom. The van der Waals surface area contributed by atoms with Gasteiger partial charge < -0.3 is 19.2 Å². The van der Waals surface area contributed by atoms with Crippen LogP contribution in [-0.2, 0) is 23.4 Å². The first-order chi connectivity index (χ1) is 18.6. The summed E-state index contributed by atoms with van der Waals surface area (Å²) in [6, 6.07) is 19.3. The summed E-state index contributed by atoms with van der Waals surface area (Å²) in [6.45, 7) is 0.325. The van der Waals surface area contributed by atoms with Gasteiger partial charge in [-0.05, 0) is 36.1 Å². The molecular formula is C31H32FN3O3. The number of fused-ring (bicyclic) bond motifs is 3. The third-order valence-corrected chi connectivity index (χ3v) is 8.13. The van der Waals surface area contributed by atoms with Gasteiger partial charge >= 0.3 is 0 Å². The number of hydrogen-bond acceptors (Lipinski definition) is 3. The Morgan fingerprint density at radius 1 is 0.974 bits per heavy atom. The van der Waals surface area contributed by atoms with Crippen LogP contribution in [0.5, 0.6) is 0 Å². The molecule has 0 spiro atoms. The predicted octanol–water partition coefficient (Wildman–Crippen LogP) is 6.15. The first kappa shape index (κ1) is 24.5. The second-order valence-corrected chi connectivity index (χ2v) is 10.5. The van der Waals surface area contributed by atoms with E-state index in [9.17, 15) is 14.0 Å². The molecule has 1 aliphatic heterocycles.